The van der Waals surface area contributed by atoms with Gasteiger partial charge in [-0.1, -0.05) is 12.1 Å². The van der Waals surface area contributed by atoms with Gasteiger partial charge in [-0.3, -0.25) is 4.79 Å². The Hall–Kier alpha value is -2.77. The highest BCUT2D eigenvalue weighted by Crippen LogP contribution is 2.20. The summed E-state index contributed by atoms with van der Waals surface area (Å²) in [7, 11) is 1.73. The fourth-order valence-electron chi connectivity index (χ4n) is 3.34. The minimum absolute atomic E-state index is 0.0240. The van der Waals surface area contributed by atoms with Crippen molar-refractivity contribution in [1.82, 2.24) is 15.1 Å². The minimum Gasteiger partial charge on any atom is -0.444 e. The molecule has 2 rings (SSSR count). The van der Waals surface area contributed by atoms with Gasteiger partial charge in [0, 0.05) is 38.8 Å². The van der Waals surface area contributed by atoms with Gasteiger partial charge in [0.15, 0.2) is 0 Å². The Balaban J connectivity index is 1.91. The van der Waals surface area contributed by atoms with Gasteiger partial charge in [0.05, 0.1) is 0 Å². The van der Waals surface area contributed by atoms with Crippen molar-refractivity contribution in [2.75, 3.05) is 26.7 Å². The molecule has 1 aliphatic heterocycles. The van der Waals surface area contributed by atoms with E-state index in [2.05, 4.69) is 5.32 Å². The molecule has 1 saturated heterocycles. The number of hydrogen-bond acceptors (Lipinski definition) is 4. The highest BCUT2D eigenvalue weighted by molar-refractivity contribution is 5.94. The second-order valence-corrected chi connectivity index (χ2v) is 8.54. The Morgan fingerprint density at radius 1 is 1.24 bits per heavy atom. The third-order valence-electron chi connectivity index (χ3n) is 4.71. The normalized spacial score (nSPS) is 16.8. The zero-order valence-corrected chi connectivity index (χ0v) is 17.7. The molecule has 1 unspecified atom stereocenters. The molecule has 1 fully saturated rings. The maximum atomic E-state index is 12.9. The number of benzene rings is 1. The van der Waals surface area contributed by atoms with Gasteiger partial charge in [-0.2, -0.15) is 0 Å². The number of nitrogens with two attached hydrogens (primary N) is 1. The van der Waals surface area contributed by atoms with Crippen molar-refractivity contribution in [3.63, 3.8) is 0 Å². The van der Waals surface area contributed by atoms with Crippen LogP contribution in [0, 0.1) is 5.92 Å². The summed E-state index contributed by atoms with van der Waals surface area (Å²) < 4.78 is 5.40. The minimum atomic E-state index is -0.583. The molecule has 160 valence electrons. The zero-order valence-electron chi connectivity index (χ0n) is 17.7. The molecule has 1 aromatic carbocycles. The number of nitrogens with zero attached hydrogens (tertiary/aromatic N) is 2. The van der Waals surface area contributed by atoms with E-state index in [1.165, 1.54) is 0 Å². The quantitative estimate of drug-likeness (QED) is 0.787. The van der Waals surface area contributed by atoms with Gasteiger partial charge >= 0.3 is 12.1 Å². The van der Waals surface area contributed by atoms with Crippen LogP contribution in [0.1, 0.15) is 49.5 Å². The molecule has 4 amide bonds. The maximum absolute atomic E-state index is 12.9. The second-order valence-electron chi connectivity index (χ2n) is 8.54. The molecule has 1 atom stereocenters. The van der Waals surface area contributed by atoms with Crippen LogP contribution >= 0.6 is 0 Å². The van der Waals surface area contributed by atoms with Crippen molar-refractivity contribution in [3.8, 4) is 0 Å². The lowest BCUT2D eigenvalue weighted by Gasteiger charge is -2.35. The average molecular weight is 405 g/mol. The fraction of sp³-hybridized carbons (Fsp3) is 0.571. The lowest BCUT2D eigenvalue weighted by molar-refractivity contribution is 0.0244. The first-order chi connectivity index (χ1) is 13.5. The molecule has 1 aliphatic rings. The number of likely N-dealkylation sites (tertiary alicyclic amines) is 1. The summed E-state index contributed by atoms with van der Waals surface area (Å²) >= 11 is 0. The Labute approximate surface area is 172 Å². The van der Waals surface area contributed by atoms with E-state index in [4.69, 9.17) is 10.5 Å². The van der Waals surface area contributed by atoms with Crippen LogP contribution in [0.15, 0.2) is 24.3 Å². The molecule has 0 saturated carbocycles. The van der Waals surface area contributed by atoms with Gasteiger partial charge in [0.1, 0.15) is 5.60 Å². The number of ether oxygens (including phenoxy) is 1. The van der Waals surface area contributed by atoms with Crippen LogP contribution in [0.3, 0.4) is 0 Å². The van der Waals surface area contributed by atoms with Crippen LogP contribution in [0.25, 0.3) is 0 Å². The molecule has 1 heterocycles. The van der Waals surface area contributed by atoms with Crippen molar-refractivity contribution < 1.29 is 19.1 Å². The van der Waals surface area contributed by atoms with Crippen LogP contribution in [-0.4, -0.2) is 60.1 Å². The van der Waals surface area contributed by atoms with Crippen molar-refractivity contribution in [1.29, 1.82) is 0 Å². The highest BCUT2D eigenvalue weighted by atomic mass is 16.6. The standard InChI is InChI=1S/C21H32N4O4/c1-21(2,3)29-20(28)24(4)13-16-6-5-11-25(14-16)18(26)17-9-7-15(8-10-17)12-23-19(22)27/h7-10,16H,5-6,11-14H2,1-4H3,(H3,22,23,27). The number of amides is 4. The van der Waals surface area contributed by atoms with Gasteiger partial charge in [-0.15, -0.1) is 0 Å². The van der Waals surface area contributed by atoms with Gasteiger partial charge < -0.3 is 25.6 Å². The molecular weight excluding hydrogens is 372 g/mol. The monoisotopic (exact) mass is 404 g/mol. The predicted octanol–water partition coefficient (Wildman–Crippen LogP) is 2.57. The van der Waals surface area contributed by atoms with E-state index < -0.39 is 11.6 Å². The van der Waals surface area contributed by atoms with Crippen molar-refractivity contribution in [2.45, 2.75) is 45.8 Å². The van der Waals surface area contributed by atoms with Gasteiger partial charge in [-0.05, 0) is 57.2 Å². The van der Waals surface area contributed by atoms with Crippen LogP contribution in [0.5, 0.6) is 0 Å². The second kappa shape index (κ2) is 9.62. The number of urea groups is 1. The Morgan fingerprint density at radius 3 is 2.48 bits per heavy atom. The summed E-state index contributed by atoms with van der Waals surface area (Å²) in [4.78, 5) is 39.3. The maximum Gasteiger partial charge on any atom is 0.410 e. The smallest absolute Gasteiger partial charge is 0.410 e. The van der Waals surface area contributed by atoms with E-state index in [1.807, 2.05) is 25.7 Å². The van der Waals surface area contributed by atoms with Crippen LogP contribution in [-0.2, 0) is 11.3 Å². The topological polar surface area (TPSA) is 105 Å². The summed E-state index contributed by atoms with van der Waals surface area (Å²) in [6.45, 7) is 7.72. The van der Waals surface area contributed by atoms with E-state index in [0.717, 1.165) is 18.4 Å². The SMILES string of the molecule is CN(CC1CCCN(C(=O)c2ccc(CNC(N)=O)cc2)C1)C(=O)OC(C)(C)C. The predicted molar refractivity (Wildman–Crippen MR) is 110 cm³/mol. The number of primary amides is 1. The Kier molecular flexibility index (Phi) is 7.47. The first kappa shape index (κ1) is 22.5. The lowest BCUT2D eigenvalue weighted by Crippen LogP contribution is -2.45. The number of nitrogens with one attached hydrogen (secondary N) is 1. The van der Waals surface area contributed by atoms with Gasteiger partial charge in [-0.25, -0.2) is 9.59 Å². The molecule has 0 aromatic heterocycles. The summed E-state index contributed by atoms with van der Waals surface area (Å²) in [5.41, 5.74) is 6.02. The van der Waals surface area contributed by atoms with E-state index in [9.17, 15) is 14.4 Å². The number of carbonyl (C=O) groups is 3. The van der Waals surface area contributed by atoms with Gasteiger partial charge in [0.2, 0.25) is 0 Å². The van der Waals surface area contributed by atoms with E-state index in [0.29, 0.717) is 31.7 Å². The van der Waals surface area contributed by atoms with Crippen molar-refractivity contribution in [3.05, 3.63) is 35.4 Å². The van der Waals surface area contributed by atoms with Crippen LogP contribution in [0.4, 0.5) is 9.59 Å². The zero-order chi connectivity index (χ0) is 21.6. The largest absolute Gasteiger partial charge is 0.444 e. The molecule has 29 heavy (non-hydrogen) atoms. The molecule has 0 aliphatic carbocycles. The fourth-order valence-corrected chi connectivity index (χ4v) is 3.34. The number of hydrogen-bond donors (Lipinski definition) is 2. The molecule has 0 spiro atoms. The summed E-state index contributed by atoms with van der Waals surface area (Å²) in [6.07, 6.45) is 1.52. The molecular formula is C21H32N4O4. The number of carbonyl (C=O) groups excluding carboxylic acids is 3. The van der Waals surface area contributed by atoms with Crippen LogP contribution < -0.4 is 11.1 Å². The number of rotatable bonds is 5. The molecule has 0 bridgehead atoms. The van der Waals surface area contributed by atoms with E-state index in [-0.39, 0.29) is 17.9 Å². The summed E-state index contributed by atoms with van der Waals surface area (Å²) in [5, 5.41) is 2.52. The Morgan fingerprint density at radius 2 is 1.90 bits per heavy atom. The third kappa shape index (κ3) is 7.29. The van der Waals surface area contributed by atoms with E-state index >= 15 is 0 Å². The lowest BCUT2D eigenvalue weighted by atomic mass is 9.96. The summed E-state index contributed by atoms with van der Waals surface area (Å²) in [5.74, 6) is 0.188. The molecule has 3 N–H and O–H groups in total. The average Bonchev–Trinajstić information content (AvgIpc) is 2.65. The van der Waals surface area contributed by atoms with Crippen LogP contribution in [0.2, 0.25) is 0 Å². The van der Waals surface area contributed by atoms with E-state index in [1.54, 1.807) is 36.2 Å². The van der Waals surface area contributed by atoms with Gasteiger partial charge in [0.25, 0.3) is 5.91 Å². The highest BCUT2D eigenvalue weighted by Gasteiger charge is 2.27. The van der Waals surface area contributed by atoms with Crippen molar-refractivity contribution >= 4 is 18.0 Å². The first-order valence-electron chi connectivity index (χ1n) is 9.91. The third-order valence-corrected chi connectivity index (χ3v) is 4.71. The summed E-state index contributed by atoms with van der Waals surface area (Å²) in [6, 6.07) is 6.55. The number of piperidine rings is 1. The molecule has 1 aromatic rings. The molecule has 0 radical (unpaired) electrons. The van der Waals surface area contributed by atoms with Crippen molar-refractivity contribution in [2.24, 2.45) is 11.7 Å². The molecule has 8 nitrogen and oxygen atoms in total. The molecule has 8 heteroatoms. The Bertz CT molecular complexity index is 727. The first-order valence-corrected chi connectivity index (χ1v) is 9.91.